The molecule has 0 amide bonds. The fourth-order valence-electron chi connectivity index (χ4n) is 1.64. The Bertz CT molecular complexity index is 504. The van der Waals surface area contributed by atoms with E-state index in [-0.39, 0.29) is 5.92 Å². The van der Waals surface area contributed by atoms with Gasteiger partial charge in [0.05, 0.1) is 6.20 Å². The first-order chi connectivity index (χ1) is 6.81. The van der Waals surface area contributed by atoms with Crippen LogP contribution in [-0.4, -0.2) is 21.8 Å². The van der Waals surface area contributed by atoms with Crippen molar-refractivity contribution in [1.82, 2.24) is 9.38 Å². The zero-order chi connectivity index (χ0) is 9.71. The molecule has 0 aromatic carbocycles. The Labute approximate surface area is 83.2 Å². The topological polar surface area (TPSA) is 34.4 Å². The number of fused-ring (bicyclic) bond motifs is 1. The molecule has 0 unspecified atom stereocenters. The number of hydrogen-bond acceptors (Lipinski definition) is 3. The Morgan fingerprint density at radius 3 is 3.14 bits per heavy atom. The molecular weight excluding hydrogens is 203 g/mol. The van der Waals surface area contributed by atoms with Gasteiger partial charge in [0, 0.05) is 10.8 Å². The Kier molecular flexibility index (Phi) is 1.53. The molecule has 1 aliphatic carbocycles. The Morgan fingerprint density at radius 2 is 2.50 bits per heavy atom. The molecule has 2 atom stereocenters. The molecule has 5 heteroatoms. The molecule has 0 spiro atoms. The summed E-state index contributed by atoms with van der Waals surface area (Å²) in [6.45, 7) is 0. The third-order valence-electron chi connectivity index (χ3n) is 2.49. The molecule has 0 aliphatic heterocycles. The molecule has 72 valence electrons. The second-order valence-corrected chi connectivity index (χ2v) is 4.49. The molecule has 0 N–H and O–H groups in total. The van der Waals surface area contributed by atoms with Crippen molar-refractivity contribution in [3.05, 3.63) is 23.1 Å². The van der Waals surface area contributed by atoms with E-state index in [1.54, 1.807) is 16.9 Å². The molecule has 2 aromatic heterocycles. The second-order valence-electron chi connectivity index (χ2n) is 3.43. The molecule has 2 aromatic rings. The van der Waals surface area contributed by atoms with Crippen LogP contribution in [-0.2, 0) is 0 Å². The van der Waals surface area contributed by atoms with Gasteiger partial charge in [0.25, 0.3) is 0 Å². The normalized spacial score (nSPS) is 25.5. The van der Waals surface area contributed by atoms with E-state index in [0.717, 1.165) is 16.0 Å². The Hall–Kier alpha value is -1.23. The van der Waals surface area contributed by atoms with E-state index in [9.17, 15) is 9.18 Å². The van der Waals surface area contributed by atoms with E-state index in [2.05, 4.69) is 4.98 Å². The number of rotatable bonds is 2. The van der Waals surface area contributed by atoms with Crippen LogP contribution in [0.25, 0.3) is 4.83 Å². The quantitative estimate of drug-likeness (QED) is 0.711. The van der Waals surface area contributed by atoms with Gasteiger partial charge >= 0.3 is 0 Å². The van der Waals surface area contributed by atoms with Crippen LogP contribution in [0.3, 0.4) is 0 Å². The number of carbonyl (C=O) groups excluding carboxylic acids is 1. The third-order valence-corrected chi connectivity index (χ3v) is 3.74. The number of imidazole rings is 1. The fourth-order valence-corrected chi connectivity index (χ4v) is 2.87. The molecule has 3 rings (SSSR count). The average Bonchev–Trinajstić information content (AvgIpc) is 2.64. The molecule has 0 saturated heterocycles. The Morgan fingerprint density at radius 1 is 1.71 bits per heavy atom. The van der Waals surface area contributed by atoms with Gasteiger partial charge in [-0.3, -0.25) is 9.20 Å². The number of aromatic nitrogens is 2. The van der Waals surface area contributed by atoms with Crippen molar-refractivity contribution in [2.24, 2.45) is 0 Å². The molecule has 0 bridgehead atoms. The molecule has 1 aliphatic rings. The van der Waals surface area contributed by atoms with Crippen LogP contribution in [0.15, 0.2) is 12.5 Å². The number of aldehydes is 1. The molecule has 1 fully saturated rings. The second kappa shape index (κ2) is 2.63. The minimum absolute atomic E-state index is 0.0555. The number of carbonyl (C=O) groups is 1. The highest BCUT2D eigenvalue weighted by Gasteiger charge is 2.42. The van der Waals surface area contributed by atoms with Gasteiger partial charge < -0.3 is 0 Å². The van der Waals surface area contributed by atoms with Gasteiger partial charge in [-0.25, -0.2) is 9.37 Å². The standard InChI is InChI=1S/C9H7FN2OS/c10-6-1-5(6)9-7(3-13)12-4-11-2-8(12)14-9/h2-6H,1H2/t5-,6-/m1/s1. The van der Waals surface area contributed by atoms with Crippen molar-refractivity contribution in [1.29, 1.82) is 0 Å². The predicted octanol–water partition coefficient (Wildman–Crippen LogP) is 2.03. The van der Waals surface area contributed by atoms with Gasteiger partial charge in [0.2, 0.25) is 0 Å². The van der Waals surface area contributed by atoms with Gasteiger partial charge in [-0.05, 0) is 6.42 Å². The predicted molar refractivity (Wildman–Crippen MR) is 50.7 cm³/mol. The summed E-state index contributed by atoms with van der Waals surface area (Å²) < 4.78 is 14.6. The summed E-state index contributed by atoms with van der Waals surface area (Å²) in [7, 11) is 0. The lowest BCUT2D eigenvalue weighted by atomic mass is 10.3. The highest BCUT2D eigenvalue weighted by molar-refractivity contribution is 7.17. The van der Waals surface area contributed by atoms with Crippen molar-refractivity contribution in [3.8, 4) is 0 Å². The maximum atomic E-state index is 12.9. The van der Waals surface area contributed by atoms with Gasteiger partial charge in [-0.15, -0.1) is 11.3 Å². The first-order valence-corrected chi connectivity index (χ1v) is 5.17. The first-order valence-electron chi connectivity index (χ1n) is 4.35. The maximum absolute atomic E-state index is 12.9. The van der Waals surface area contributed by atoms with Crippen LogP contribution in [0.1, 0.15) is 27.7 Å². The van der Waals surface area contributed by atoms with E-state index < -0.39 is 6.17 Å². The van der Waals surface area contributed by atoms with E-state index in [0.29, 0.717) is 12.1 Å². The summed E-state index contributed by atoms with van der Waals surface area (Å²) in [6, 6.07) is 0. The van der Waals surface area contributed by atoms with Crippen LogP contribution in [0.2, 0.25) is 0 Å². The Balaban J connectivity index is 2.22. The van der Waals surface area contributed by atoms with Crippen molar-refractivity contribution < 1.29 is 9.18 Å². The monoisotopic (exact) mass is 210 g/mol. The van der Waals surface area contributed by atoms with Crippen LogP contribution in [0.4, 0.5) is 4.39 Å². The van der Waals surface area contributed by atoms with E-state index in [4.69, 9.17) is 0 Å². The van der Waals surface area contributed by atoms with E-state index in [1.165, 1.54) is 11.3 Å². The molecular formula is C9H7FN2OS. The molecule has 14 heavy (non-hydrogen) atoms. The van der Waals surface area contributed by atoms with Crippen molar-refractivity contribution in [2.75, 3.05) is 0 Å². The zero-order valence-electron chi connectivity index (χ0n) is 7.18. The van der Waals surface area contributed by atoms with Gasteiger partial charge in [-0.1, -0.05) is 0 Å². The first kappa shape index (κ1) is 8.11. The van der Waals surface area contributed by atoms with Gasteiger partial charge in [0.1, 0.15) is 23.0 Å². The number of thiazole rings is 1. The summed E-state index contributed by atoms with van der Waals surface area (Å²) in [6.07, 6.45) is 3.86. The largest absolute Gasteiger partial charge is 0.296 e. The van der Waals surface area contributed by atoms with Gasteiger partial charge in [-0.2, -0.15) is 0 Å². The minimum atomic E-state index is -0.759. The SMILES string of the molecule is O=Cc1c([C@@H]2C[C@H]2F)sc2cncn12. The van der Waals surface area contributed by atoms with Crippen molar-refractivity contribution in [3.63, 3.8) is 0 Å². The summed E-state index contributed by atoms with van der Waals surface area (Å²) in [5, 5.41) is 0. The minimum Gasteiger partial charge on any atom is -0.296 e. The summed E-state index contributed by atoms with van der Waals surface area (Å²) >= 11 is 1.46. The summed E-state index contributed by atoms with van der Waals surface area (Å²) in [5.41, 5.74) is 0.563. The number of nitrogens with zero attached hydrogens (tertiary/aromatic N) is 2. The lowest BCUT2D eigenvalue weighted by Crippen LogP contribution is -1.92. The maximum Gasteiger partial charge on any atom is 0.168 e. The van der Waals surface area contributed by atoms with Crippen LogP contribution in [0, 0.1) is 0 Å². The fraction of sp³-hybridized carbons (Fsp3) is 0.333. The van der Waals surface area contributed by atoms with Crippen LogP contribution in [0.5, 0.6) is 0 Å². The smallest absolute Gasteiger partial charge is 0.168 e. The molecule has 2 heterocycles. The molecule has 1 saturated carbocycles. The average molecular weight is 210 g/mol. The highest BCUT2D eigenvalue weighted by atomic mass is 32.1. The van der Waals surface area contributed by atoms with E-state index >= 15 is 0 Å². The number of alkyl halides is 1. The van der Waals surface area contributed by atoms with Gasteiger partial charge in [0.15, 0.2) is 6.29 Å². The summed E-state index contributed by atoms with van der Waals surface area (Å²) in [5.74, 6) is -0.0555. The van der Waals surface area contributed by atoms with E-state index in [1.807, 2.05) is 0 Å². The third kappa shape index (κ3) is 0.957. The number of halogens is 1. The lowest BCUT2D eigenvalue weighted by molar-refractivity contribution is 0.111. The highest BCUT2D eigenvalue weighted by Crippen LogP contribution is 2.47. The van der Waals surface area contributed by atoms with Crippen LogP contribution >= 0.6 is 11.3 Å². The number of hydrogen-bond donors (Lipinski definition) is 0. The zero-order valence-corrected chi connectivity index (χ0v) is 8.00. The lowest BCUT2D eigenvalue weighted by Gasteiger charge is -1.92. The van der Waals surface area contributed by atoms with Crippen LogP contribution < -0.4 is 0 Å². The summed E-state index contributed by atoms with van der Waals surface area (Å²) in [4.78, 5) is 16.6. The molecule has 3 nitrogen and oxygen atoms in total. The molecule has 0 radical (unpaired) electrons. The van der Waals surface area contributed by atoms with Crippen molar-refractivity contribution in [2.45, 2.75) is 18.5 Å². The van der Waals surface area contributed by atoms with Crippen molar-refractivity contribution >= 4 is 22.5 Å².